The number of benzene rings is 2. The SMILES string of the molecule is CC(C)(CNC(=O)CSCC(=O)Nc1cccc(Br)c1)c1ccc2c(c1)OCO2. The second-order valence-corrected chi connectivity index (χ2v) is 9.18. The van der Waals surface area contributed by atoms with Gasteiger partial charge >= 0.3 is 0 Å². The lowest BCUT2D eigenvalue weighted by Crippen LogP contribution is -2.37. The van der Waals surface area contributed by atoms with Crippen LogP contribution in [0.5, 0.6) is 11.5 Å². The van der Waals surface area contributed by atoms with Crippen molar-refractivity contribution in [1.82, 2.24) is 5.32 Å². The van der Waals surface area contributed by atoms with Crippen molar-refractivity contribution in [3.8, 4) is 11.5 Å². The first-order chi connectivity index (χ1) is 13.8. The highest BCUT2D eigenvalue weighted by atomic mass is 79.9. The van der Waals surface area contributed by atoms with Gasteiger partial charge in [0.05, 0.1) is 11.5 Å². The van der Waals surface area contributed by atoms with Gasteiger partial charge in [0.2, 0.25) is 18.6 Å². The number of amides is 2. The molecule has 29 heavy (non-hydrogen) atoms. The molecule has 1 heterocycles. The minimum Gasteiger partial charge on any atom is -0.454 e. The molecule has 0 radical (unpaired) electrons. The van der Waals surface area contributed by atoms with Gasteiger partial charge in [-0.3, -0.25) is 9.59 Å². The van der Waals surface area contributed by atoms with Crippen LogP contribution in [0.4, 0.5) is 5.69 Å². The maximum Gasteiger partial charge on any atom is 0.234 e. The molecular formula is C21H23BrN2O4S. The summed E-state index contributed by atoms with van der Waals surface area (Å²) in [6.07, 6.45) is 0. The van der Waals surface area contributed by atoms with Crippen molar-refractivity contribution in [1.29, 1.82) is 0 Å². The summed E-state index contributed by atoms with van der Waals surface area (Å²) in [4.78, 5) is 24.2. The predicted octanol–water partition coefficient (Wildman–Crippen LogP) is 3.94. The van der Waals surface area contributed by atoms with Crippen LogP contribution in [-0.4, -0.2) is 36.7 Å². The van der Waals surface area contributed by atoms with Crippen LogP contribution in [0.15, 0.2) is 46.9 Å². The van der Waals surface area contributed by atoms with Crippen molar-refractivity contribution in [2.45, 2.75) is 19.3 Å². The van der Waals surface area contributed by atoms with Gasteiger partial charge in [0.25, 0.3) is 0 Å². The summed E-state index contributed by atoms with van der Waals surface area (Å²) in [5, 5.41) is 5.76. The highest BCUT2D eigenvalue weighted by Crippen LogP contribution is 2.36. The number of rotatable bonds is 8. The monoisotopic (exact) mass is 478 g/mol. The fraction of sp³-hybridized carbons (Fsp3) is 0.333. The smallest absolute Gasteiger partial charge is 0.234 e. The van der Waals surface area contributed by atoms with E-state index in [9.17, 15) is 9.59 Å². The third kappa shape index (κ3) is 6.14. The third-order valence-corrected chi connectivity index (χ3v) is 5.88. The third-order valence-electron chi connectivity index (χ3n) is 4.46. The lowest BCUT2D eigenvalue weighted by molar-refractivity contribution is -0.118. The largest absolute Gasteiger partial charge is 0.454 e. The van der Waals surface area contributed by atoms with E-state index in [0.29, 0.717) is 6.54 Å². The van der Waals surface area contributed by atoms with E-state index in [0.717, 1.165) is 27.2 Å². The first-order valence-corrected chi connectivity index (χ1v) is 11.1. The minimum atomic E-state index is -0.265. The molecule has 0 atom stereocenters. The molecule has 3 rings (SSSR count). The molecule has 1 aliphatic heterocycles. The van der Waals surface area contributed by atoms with Crippen LogP contribution in [0.1, 0.15) is 19.4 Å². The Labute approximate surface area is 182 Å². The zero-order valence-corrected chi connectivity index (χ0v) is 18.7. The Morgan fingerprint density at radius 3 is 2.62 bits per heavy atom. The molecule has 0 unspecified atom stereocenters. The standard InChI is InChI=1S/C21H23BrN2O4S/c1-21(2,14-6-7-17-18(8-14)28-13-27-17)12-23-19(25)10-29-11-20(26)24-16-5-3-4-15(22)9-16/h3-9H,10-13H2,1-2H3,(H,23,25)(H,24,26). The molecule has 0 spiro atoms. The summed E-state index contributed by atoms with van der Waals surface area (Å²) in [7, 11) is 0. The summed E-state index contributed by atoms with van der Waals surface area (Å²) in [5.74, 6) is 1.68. The first kappa shape index (κ1) is 21.5. The molecule has 0 fully saturated rings. The Kier molecular flexibility index (Phi) is 7.08. The highest BCUT2D eigenvalue weighted by Gasteiger charge is 2.24. The van der Waals surface area contributed by atoms with E-state index in [1.165, 1.54) is 11.8 Å². The van der Waals surface area contributed by atoms with Crippen molar-refractivity contribution < 1.29 is 19.1 Å². The van der Waals surface area contributed by atoms with Gasteiger partial charge in [-0.2, -0.15) is 0 Å². The van der Waals surface area contributed by atoms with E-state index < -0.39 is 0 Å². The minimum absolute atomic E-state index is 0.0981. The average molecular weight is 479 g/mol. The number of hydrogen-bond donors (Lipinski definition) is 2. The van der Waals surface area contributed by atoms with Crippen LogP contribution in [0, 0.1) is 0 Å². The van der Waals surface area contributed by atoms with Crippen molar-refractivity contribution in [2.75, 3.05) is 30.2 Å². The van der Waals surface area contributed by atoms with Gasteiger partial charge in [0.15, 0.2) is 11.5 Å². The number of ether oxygens (including phenoxy) is 2. The fourth-order valence-electron chi connectivity index (χ4n) is 2.79. The number of anilines is 1. The predicted molar refractivity (Wildman–Crippen MR) is 119 cm³/mol. The highest BCUT2D eigenvalue weighted by molar-refractivity contribution is 9.10. The molecule has 0 aliphatic carbocycles. The number of carbonyl (C=O) groups excluding carboxylic acids is 2. The number of nitrogens with one attached hydrogen (secondary N) is 2. The molecule has 2 aromatic carbocycles. The number of carbonyl (C=O) groups is 2. The maximum absolute atomic E-state index is 12.2. The molecule has 6 nitrogen and oxygen atoms in total. The van der Waals surface area contributed by atoms with Gasteiger partial charge < -0.3 is 20.1 Å². The van der Waals surface area contributed by atoms with Crippen molar-refractivity contribution in [3.05, 3.63) is 52.5 Å². The van der Waals surface area contributed by atoms with E-state index in [1.54, 1.807) is 0 Å². The molecule has 0 saturated carbocycles. The Bertz CT molecular complexity index is 904. The molecule has 0 saturated heterocycles. The second-order valence-electron chi connectivity index (χ2n) is 7.28. The molecule has 2 N–H and O–H groups in total. The lowest BCUT2D eigenvalue weighted by atomic mass is 9.84. The van der Waals surface area contributed by atoms with Gasteiger partial charge in [-0.15, -0.1) is 11.8 Å². The van der Waals surface area contributed by atoms with Gasteiger partial charge in [-0.05, 0) is 35.9 Å². The Morgan fingerprint density at radius 2 is 1.83 bits per heavy atom. The maximum atomic E-state index is 12.2. The summed E-state index contributed by atoms with van der Waals surface area (Å²) in [6.45, 7) is 4.84. The van der Waals surface area contributed by atoms with Crippen LogP contribution < -0.4 is 20.1 Å². The van der Waals surface area contributed by atoms with Crippen LogP contribution in [-0.2, 0) is 15.0 Å². The van der Waals surface area contributed by atoms with Gasteiger partial charge in [-0.1, -0.05) is 41.9 Å². The lowest BCUT2D eigenvalue weighted by Gasteiger charge is -2.26. The molecule has 2 amide bonds. The molecule has 2 aromatic rings. The van der Waals surface area contributed by atoms with Crippen molar-refractivity contribution >= 4 is 45.2 Å². The summed E-state index contributed by atoms with van der Waals surface area (Å²) in [5.41, 5.74) is 1.52. The second kappa shape index (κ2) is 9.54. The first-order valence-electron chi connectivity index (χ1n) is 9.13. The number of fused-ring (bicyclic) bond motifs is 1. The van der Waals surface area contributed by atoms with E-state index in [4.69, 9.17) is 9.47 Å². The topological polar surface area (TPSA) is 76.7 Å². The zero-order valence-electron chi connectivity index (χ0n) is 16.3. The molecular weight excluding hydrogens is 456 g/mol. The molecule has 154 valence electrons. The van der Waals surface area contributed by atoms with Crippen LogP contribution in [0.25, 0.3) is 0 Å². The Hall–Kier alpha value is -2.19. The summed E-state index contributed by atoms with van der Waals surface area (Å²) in [6, 6.07) is 13.2. The van der Waals surface area contributed by atoms with Gasteiger partial charge in [0, 0.05) is 22.1 Å². The molecule has 0 bridgehead atoms. The van der Waals surface area contributed by atoms with Crippen molar-refractivity contribution in [2.24, 2.45) is 0 Å². The van der Waals surface area contributed by atoms with E-state index in [-0.39, 0.29) is 35.5 Å². The van der Waals surface area contributed by atoms with E-state index in [1.807, 2.05) is 42.5 Å². The van der Waals surface area contributed by atoms with Gasteiger partial charge in [0.1, 0.15) is 0 Å². The number of thioether (sulfide) groups is 1. The number of hydrogen-bond acceptors (Lipinski definition) is 5. The van der Waals surface area contributed by atoms with E-state index in [2.05, 4.69) is 40.4 Å². The number of halogens is 1. The van der Waals surface area contributed by atoms with Gasteiger partial charge in [-0.25, -0.2) is 0 Å². The summed E-state index contributed by atoms with van der Waals surface area (Å²) < 4.78 is 11.7. The molecule has 0 aromatic heterocycles. The summed E-state index contributed by atoms with van der Waals surface area (Å²) >= 11 is 4.65. The quantitative estimate of drug-likeness (QED) is 0.600. The average Bonchev–Trinajstić information content (AvgIpc) is 3.14. The van der Waals surface area contributed by atoms with Crippen LogP contribution in [0.3, 0.4) is 0 Å². The Balaban J connectivity index is 1.40. The normalized spacial score (nSPS) is 12.5. The molecule has 1 aliphatic rings. The Morgan fingerprint density at radius 1 is 1.07 bits per heavy atom. The zero-order chi connectivity index (χ0) is 20.9. The van der Waals surface area contributed by atoms with E-state index >= 15 is 0 Å². The van der Waals surface area contributed by atoms with Crippen LogP contribution >= 0.6 is 27.7 Å². The van der Waals surface area contributed by atoms with Crippen molar-refractivity contribution in [3.63, 3.8) is 0 Å². The fourth-order valence-corrected chi connectivity index (χ4v) is 3.84. The van der Waals surface area contributed by atoms with Crippen LogP contribution in [0.2, 0.25) is 0 Å². The molecule has 8 heteroatoms.